The van der Waals surface area contributed by atoms with Crippen LogP contribution in [0.1, 0.15) is 41.2 Å². The SMILES string of the molecule is C[C@@H]1NC(=O)[C@H]([C@@H](C)O)NC(=O)c2cc(ccc2O)Oc2ccc(cc2)C[C@@H](C(=O)N2CCc3nc[nH]c3C2)NC1=O. The van der Waals surface area contributed by atoms with E-state index < -0.39 is 42.0 Å². The van der Waals surface area contributed by atoms with Crippen molar-refractivity contribution < 1.29 is 34.1 Å². The summed E-state index contributed by atoms with van der Waals surface area (Å²) in [6.07, 6.45) is 1.00. The van der Waals surface area contributed by atoms with Crippen LogP contribution in [-0.2, 0) is 33.8 Å². The van der Waals surface area contributed by atoms with Gasteiger partial charge in [-0.15, -0.1) is 0 Å². The first-order chi connectivity index (χ1) is 20.1. The third kappa shape index (κ3) is 6.20. The number of phenolic OH excluding ortho intramolecular Hbond substituents is 1. The molecular weight excluding hydrogens is 544 g/mol. The Labute approximate surface area is 241 Å². The molecule has 0 saturated carbocycles. The molecule has 6 N–H and O–H groups in total. The van der Waals surface area contributed by atoms with E-state index in [1.54, 1.807) is 35.5 Å². The highest BCUT2D eigenvalue weighted by Crippen LogP contribution is 2.28. The summed E-state index contributed by atoms with van der Waals surface area (Å²) in [4.78, 5) is 62.0. The number of hydrogen-bond acceptors (Lipinski definition) is 8. The van der Waals surface area contributed by atoms with Gasteiger partial charge in [0.1, 0.15) is 35.4 Å². The van der Waals surface area contributed by atoms with E-state index in [1.807, 2.05) is 0 Å². The Hall–Kier alpha value is -4.91. The summed E-state index contributed by atoms with van der Waals surface area (Å²) in [5.41, 5.74) is 2.32. The van der Waals surface area contributed by atoms with Gasteiger partial charge in [-0.05, 0) is 49.7 Å². The highest BCUT2D eigenvalue weighted by molar-refractivity contribution is 6.01. The second-order valence-corrected chi connectivity index (χ2v) is 10.4. The number of ether oxygens (including phenoxy) is 1. The molecule has 0 radical (unpaired) electrons. The predicted molar refractivity (Wildman–Crippen MR) is 149 cm³/mol. The van der Waals surface area contributed by atoms with Gasteiger partial charge in [0.15, 0.2) is 0 Å². The number of nitrogens with one attached hydrogen (secondary N) is 4. The number of rotatable bonds is 2. The third-order valence-corrected chi connectivity index (χ3v) is 7.32. The maximum atomic E-state index is 13.7. The fourth-order valence-electron chi connectivity index (χ4n) is 4.94. The fraction of sp³-hybridized carbons (Fsp3) is 0.345. The highest BCUT2D eigenvalue weighted by Gasteiger charge is 2.33. The topological polar surface area (TPSA) is 186 Å². The van der Waals surface area contributed by atoms with Gasteiger partial charge >= 0.3 is 0 Å². The first kappa shape index (κ1) is 28.6. The van der Waals surface area contributed by atoms with Crippen molar-refractivity contribution in [1.82, 2.24) is 30.8 Å². The molecule has 13 heteroatoms. The average molecular weight is 577 g/mol. The number of aliphatic hydroxyl groups is 1. The number of aromatic amines is 1. The van der Waals surface area contributed by atoms with Crippen molar-refractivity contribution in [1.29, 1.82) is 0 Å². The van der Waals surface area contributed by atoms with E-state index in [0.717, 1.165) is 17.0 Å². The minimum absolute atomic E-state index is 0.171. The lowest BCUT2D eigenvalue weighted by atomic mass is 10.0. The summed E-state index contributed by atoms with van der Waals surface area (Å²) < 4.78 is 5.87. The average Bonchev–Trinajstić information content (AvgIpc) is 3.44. The van der Waals surface area contributed by atoms with E-state index in [1.165, 1.54) is 32.0 Å². The Morgan fingerprint density at radius 1 is 1.05 bits per heavy atom. The van der Waals surface area contributed by atoms with Crippen LogP contribution in [0, 0.1) is 0 Å². The molecule has 2 aromatic carbocycles. The van der Waals surface area contributed by atoms with E-state index >= 15 is 0 Å². The monoisotopic (exact) mass is 576 g/mol. The Morgan fingerprint density at radius 3 is 2.52 bits per heavy atom. The number of nitrogens with zero attached hydrogens (tertiary/aromatic N) is 2. The number of H-pyrrole nitrogens is 1. The van der Waals surface area contributed by atoms with Gasteiger partial charge in [0.25, 0.3) is 5.91 Å². The minimum Gasteiger partial charge on any atom is -0.507 e. The van der Waals surface area contributed by atoms with Crippen molar-refractivity contribution in [2.75, 3.05) is 6.54 Å². The zero-order chi connectivity index (χ0) is 30.0. The van der Waals surface area contributed by atoms with E-state index in [-0.39, 0.29) is 29.4 Å². The van der Waals surface area contributed by atoms with Gasteiger partial charge in [-0.2, -0.15) is 0 Å². The maximum Gasteiger partial charge on any atom is 0.255 e. The number of carbonyl (C=O) groups is 4. The van der Waals surface area contributed by atoms with Crippen LogP contribution in [0.4, 0.5) is 0 Å². The van der Waals surface area contributed by atoms with Gasteiger partial charge in [0.05, 0.1) is 35.9 Å². The number of aromatic hydroxyl groups is 1. The summed E-state index contributed by atoms with van der Waals surface area (Å²) in [5.74, 6) is -2.24. The number of hydrogen-bond donors (Lipinski definition) is 6. The molecule has 220 valence electrons. The first-order valence-corrected chi connectivity index (χ1v) is 13.6. The standard InChI is InChI=1S/C29H32N6O7/c1-15-26(38)33-22(29(41)35-10-9-21-23(13-35)31-14-30-21)11-17-3-5-18(6-4-17)42-19-7-8-24(37)20(12-19)27(39)34-25(16(2)36)28(40)32-15/h3-8,12,14-16,22,25,36-37H,9-11,13H2,1-2H3,(H,30,31)(H,32,40)(H,33,38)(H,34,39)/t15-,16+,22-,25-/m0/s1. The van der Waals surface area contributed by atoms with Crippen LogP contribution in [0.25, 0.3) is 0 Å². The van der Waals surface area contributed by atoms with Crippen LogP contribution in [0.3, 0.4) is 0 Å². The molecule has 3 aliphatic heterocycles. The maximum absolute atomic E-state index is 13.7. The number of fused-ring (bicyclic) bond motifs is 12. The largest absolute Gasteiger partial charge is 0.507 e. The minimum atomic E-state index is -1.45. The van der Waals surface area contributed by atoms with Gasteiger partial charge in [-0.1, -0.05) is 12.1 Å². The first-order valence-electron chi connectivity index (χ1n) is 13.6. The normalized spacial score (nSPS) is 22.0. The van der Waals surface area contributed by atoms with E-state index in [4.69, 9.17) is 4.74 Å². The molecular formula is C29H32N6O7. The second-order valence-electron chi connectivity index (χ2n) is 10.4. The molecule has 0 fully saturated rings. The van der Waals surface area contributed by atoms with Gasteiger partial charge in [-0.25, -0.2) is 4.98 Å². The molecule has 0 unspecified atom stereocenters. The van der Waals surface area contributed by atoms with Crippen molar-refractivity contribution in [3.8, 4) is 17.2 Å². The smallest absolute Gasteiger partial charge is 0.255 e. The second kappa shape index (κ2) is 11.9. The van der Waals surface area contributed by atoms with Gasteiger partial charge < -0.3 is 40.8 Å². The van der Waals surface area contributed by atoms with Gasteiger partial charge in [-0.3, -0.25) is 19.2 Å². The Kier molecular flexibility index (Phi) is 8.11. The lowest BCUT2D eigenvalue weighted by Gasteiger charge is -2.31. The molecule has 3 aliphatic rings. The molecule has 13 nitrogen and oxygen atoms in total. The molecule has 4 bridgehead atoms. The summed E-state index contributed by atoms with van der Waals surface area (Å²) in [6, 6.07) is 7.48. The molecule has 1 aromatic heterocycles. The molecule has 42 heavy (non-hydrogen) atoms. The predicted octanol–water partition coefficient (Wildman–Crippen LogP) is 0.517. The van der Waals surface area contributed by atoms with Gasteiger partial charge in [0.2, 0.25) is 17.7 Å². The van der Waals surface area contributed by atoms with E-state index in [2.05, 4.69) is 25.9 Å². The lowest BCUT2D eigenvalue weighted by Crippen LogP contribution is -2.58. The van der Waals surface area contributed by atoms with Crippen LogP contribution in [0.5, 0.6) is 17.2 Å². The molecule has 0 saturated heterocycles. The third-order valence-electron chi connectivity index (χ3n) is 7.32. The van der Waals surface area contributed by atoms with Crippen molar-refractivity contribution in [2.45, 2.75) is 57.5 Å². The molecule has 0 aliphatic carbocycles. The number of carbonyl (C=O) groups excluding carboxylic acids is 4. The van der Waals surface area contributed by atoms with Gasteiger partial charge in [0, 0.05) is 19.4 Å². The molecule has 4 atom stereocenters. The lowest BCUT2D eigenvalue weighted by molar-refractivity contribution is -0.138. The number of aromatic nitrogens is 2. The van der Waals surface area contributed by atoms with Crippen LogP contribution >= 0.6 is 0 Å². The Bertz CT molecular complexity index is 1500. The number of phenols is 1. The summed E-state index contributed by atoms with van der Waals surface area (Å²) >= 11 is 0. The summed E-state index contributed by atoms with van der Waals surface area (Å²) in [6.45, 7) is 3.51. The van der Waals surface area contributed by atoms with Crippen LogP contribution < -0.4 is 20.7 Å². The van der Waals surface area contributed by atoms with Crippen LogP contribution in [-0.4, -0.2) is 79.5 Å². The number of imidazole rings is 1. The number of benzene rings is 2. The summed E-state index contributed by atoms with van der Waals surface area (Å²) in [7, 11) is 0. The van der Waals surface area contributed by atoms with E-state index in [9.17, 15) is 29.4 Å². The molecule has 4 amide bonds. The molecule has 4 heterocycles. The van der Waals surface area contributed by atoms with E-state index in [0.29, 0.717) is 25.3 Å². The highest BCUT2D eigenvalue weighted by atomic mass is 16.5. The Balaban J connectivity index is 1.46. The fourth-order valence-corrected chi connectivity index (χ4v) is 4.94. The summed E-state index contributed by atoms with van der Waals surface area (Å²) in [5, 5.41) is 28.2. The van der Waals surface area contributed by atoms with Crippen molar-refractivity contribution in [3.05, 3.63) is 71.3 Å². The molecule has 3 aromatic rings. The van der Waals surface area contributed by atoms with Crippen molar-refractivity contribution in [2.24, 2.45) is 0 Å². The number of aliphatic hydroxyl groups excluding tert-OH is 1. The van der Waals surface area contributed by atoms with Crippen molar-refractivity contribution >= 4 is 23.6 Å². The van der Waals surface area contributed by atoms with Crippen LogP contribution in [0.15, 0.2) is 48.8 Å². The zero-order valence-corrected chi connectivity index (χ0v) is 23.1. The zero-order valence-electron chi connectivity index (χ0n) is 23.1. The van der Waals surface area contributed by atoms with Crippen molar-refractivity contribution in [3.63, 3.8) is 0 Å². The quantitative estimate of drug-likeness (QED) is 0.238. The Morgan fingerprint density at radius 2 is 1.79 bits per heavy atom. The molecule has 0 spiro atoms. The molecule has 6 rings (SSSR count). The number of amides is 4. The van der Waals surface area contributed by atoms with Crippen LogP contribution in [0.2, 0.25) is 0 Å².